The van der Waals surface area contributed by atoms with Crippen molar-refractivity contribution in [2.45, 2.75) is 38.0 Å². The molecule has 2 aliphatic rings. The molecular formula is C29H30N2O6. The first-order valence-electron chi connectivity index (χ1n) is 12.4. The quantitative estimate of drug-likeness (QED) is 0.411. The van der Waals surface area contributed by atoms with Gasteiger partial charge >= 0.3 is 0 Å². The van der Waals surface area contributed by atoms with Crippen molar-refractivity contribution in [1.29, 1.82) is 0 Å². The monoisotopic (exact) mass is 502 g/mol. The molecule has 0 spiro atoms. The first-order chi connectivity index (χ1) is 18.1. The number of carbonyl (C=O) groups is 1. The van der Waals surface area contributed by atoms with Crippen molar-refractivity contribution in [2.24, 2.45) is 4.99 Å². The fourth-order valence-corrected chi connectivity index (χ4v) is 4.44. The van der Waals surface area contributed by atoms with Gasteiger partial charge in [0, 0.05) is 31.6 Å². The van der Waals surface area contributed by atoms with Crippen LogP contribution in [-0.4, -0.2) is 48.6 Å². The topological polar surface area (TPSA) is 98.6 Å². The molecule has 0 radical (unpaired) electrons. The summed E-state index contributed by atoms with van der Waals surface area (Å²) in [7, 11) is 0. The summed E-state index contributed by atoms with van der Waals surface area (Å²) >= 11 is 0. The Kier molecular flexibility index (Phi) is 7.28. The van der Waals surface area contributed by atoms with E-state index in [1.54, 1.807) is 0 Å². The molecule has 3 aromatic rings. The molecule has 0 bridgehead atoms. The molecule has 1 amide bonds. The van der Waals surface area contributed by atoms with Crippen molar-refractivity contribution >= 4 is 11.8 Å². The molecule has 2 heterocycles. The number of fused-ring (bicyclic) bond motifs is 1. The van der Waals surface area contributed by atoms with Gasteiger partial charge in [0.05, 0.1) is 6.61 Å². The van der Waals surface area contributed by atoms with Gasteiger partial charge in [-0.25, -0.2) is 4.99 Å². The summed E-state index contributed by atoms with van der Waals surface area (Å²) in [6, 6.07) is 22.9. The van der Waals surface area contributed by atoms with Crippen LogP contribution < -0.4 is 19.5 Å². The summed E-state index contributed by atoms with van der Waals surface area (Å²) in [6.45, 7) is 2.93. The third kappa shape index (κ3) is 5.39. The molecule has 8 nitrogen and oxygen atoms in total. The number of carbonyl (C=O) groups excluding carboxylic acids is 1. The van der Waals surface area contributed by atoms with Crippen LogP contribution in [0.5, 0.6) is 17.2 Å². The van der Waals surface area contributed by atoms with Crippen LogP contribution in [0.15, 0.2) is 77.8 Å². The molecule has 192 valence electrons. The maximum absolute atomic E-state index is 13.8. The van der Waals surface area contributed by atoms with Crippen molar-refractivity contribution in [3.8, 4) is 17.2 Å². The third-order valence-electron chi connectivity index (χ3n) is 6.53. The number of aliphatic imine (C=N–C) groups is 1. The number of benzene rings is 3. The fourth-order valence-electron chi connectivity index (χ4n) is 4.44. The van der Waals surface area contributed by atoms with Crippen LogP contribution in [0.2, 0.25) is 0 Å². The number of amides is 1. The Morgan fingerprint density at radius 2 is 1.84 bits per heavy atom. The van der Waals surface area contributed by atoms with Crippen LogP contribution in [0.25, 0.3) is 0 Å². The second-order valence-corrected chi connectivity index (χ2v) is 9.08. The van der Waals surface area contributed by atoms with Gasteiger partial charge in [-0.3, -0.25) is 4.79 Å². The van der Waals surface area contributed by atoms with Gasteiger partial charge in [-0.1, -0.05) is 36.4 Å². The van der Waals surface area contributed by atoms with E-state index >= 15 is 0 Å². The number of aliphatic hydroxyl groups excluding tert-OH is 1. The van der Waals surface area contributed by atoms with E-state index in [9.17, 15) is 4.79 Å². The summed E-state index contributed by atoms with van der Waals surface area (Å²) in [5, 5.41) is 12.0. The van der Waals surface area contributed by atoms with Crippen molar-refractivity contribution < 1.29 is 28.8 Å². The Labute approximate surface area is 215 Å². The normalized spacial score (nSPS) is 19.7. The van der Waals surface area contributed by atoms with Crippen molar-refractivity contribution in [1.82, 2.24) is 5.32 Å². The number of ether oxygens (including phenoxy) is 4. The highest BCUT2D eigenvalue weighted by molar-refractivity contribution is 6.00. The van der Waals surface area contributed by atoms with Crippen molar-refractivity contribution in [3.63, 3.8) is 0 Å². The van der Waals surface area contributed by atoms with Crippen LogP contribution in [-0.2, 0) is 22.5 Å². The Hall–Kier alpha value is -4.04. The van der Waals surface area contributed by atoms with E-state index in [1.165, 1.54) is 0 Å². The van der Waals surface area contributed by atoms with E-state index in [4.69, 9.17) is 29.0 Å². The highest BCUT2D eigenvalue weighted by Crippen LogP contribution is 2.34. The predicted octanol–water partition coefficient (Wildman–Crippen LogP) is 3.64. The highest BCUT2D eigenvalue weighted by atomic mass is 16.7. The van der Waals surface area contributed by atoms with Crippen LogP contribution in [0, 0.1) is 0 Å². The zero-order chi connectivity index (χ0) is 25.7. The Morgan fingerprint density at radius 3 is 2.62 bits per heavy atom. The van der Waals surface area contributed by atoms with Gasteiger partial charge in [0.15, 0.2) is 17.0 Å². The molecule has 5 rings (SSSR count). The van der Waals surface area contributed by atoms with E-state index in [1.807, 2.05) is 79.7 Å². The lowest BCUT2D eigenvalue weighted by Crippen LogP contribution is -2.52. The standard InChI is InChI=1S/C29H30N2O6/c1-20-29(17-21-6-3-2-4-7-21,28(33)30-18-22-8-13-25-26(16-22)36-19-35-25)31-27(37-20)23-9-11-24(12-10-23)34-15-5-14-32/h2-4,6-13,16,20,32H,5,14-15,17-19H2,1H3,(H,30,33)/t20-,29-/m1/s1. The van der Waals surface area contributed by atoms with Gasteiger partial charge in [-0.15, -0.1) is 0 Å². The smallest absolute Gasteiger partial charge is 0.252 e. The molecule has 2 N–H and O–H groups in total. The lowest BCUT2D eigenvalue weighted by molar-refractivity contribution is -0.128. The van der Waals surface area contributed by atoms with E-state index in [0.717, 1.165) is 16.7 Å². The molecule has 0 aliphatic carbocycles. The summed E-state index contributed by atoms with van der Waals surface area (Å²) < 4.78 is 22.7. The average Bonchev–Trinajstić information content (AvgIpc) is 3.53. The Balaban J connectivity index is 1.38. The molecule has 0 saturated heterocycles. The second-order valence-electron chi connectivity index (χ2n) is 9.08. The number of aliphatic hydroxyl groups is 1. The summed E-state index contributed by atoms with van der Waals surface area (Å²) in [5.74, 6) is 2.28. The van der Waals surface area contributed by atoms with Crippen LogP contribution >= 0.6 is 0 Å². The third-order valence-corrected chi connectivity index (χ3v) is 6.53. The molecule has 0 unspecified atom stereocenters. The number of hydrogen-bond donors (Lipinski definition) is 2. The molecule has 37 heavy (non-hydrogen) atoms. The average molecular weight is 503 g/mol. The molecule has 2 aliphatic heterocycles. The number of rotatable bonds is 10. The van der Waals surface area contributed by atoms with Gasteiger partial charge in [0.1, 0.15) is 11.9 Å². The molecule has 2 atom stereocenters. The number of nitrogens with one attached hydrogen (secondary N) is 1. The SMILES string of the molecule is C[C@H]1OC(c2ccc(OCCCO)cc2)=N[C@@]1(Cc1ccccc1)C(=O)NCc1ccc2c(c1)OCO2. The number of hydrogen-bond acceptors (Lipinski definition) is 7. The molecule has 0 fully saturated rings. The van der Waals surface area contributed by atoms with E-state index in [0.29, 0.717) is 49.1 Å². The van der Waals surface area contributed by atoms with Crippen molar-refractivity contribution in [2.75, 3.05) is 20.0 Å². The maximum atomic E-state index is 13.8. The first kappa shape index (κ1) is 24.6. The first-order valence-corrected chi connectivity index (χ1v) is 12.4. The highest BCUT2D eigenvalue weighted by Gasteiger charge is 2.50. The summed E-state index contributed by atoms with van der Waals surface area (Å²) in [4.78, 5) is 18.7. The molecule has 0 aromatic heterocycles. The summed E-state index contributed by atoms with van der Waals surface area (Å²) in [5.41, 5.74) is 1.53. The van der Waals surface area contributed by atoms with Gasteiger partial charge in [0.2, 0.25) is 12.7 Å². The zero-order valence-electron chi connectivity index (χ0n) is 20.7. The number of nitrogens with zero attached hydrogens (tertiary/aromatic N) is 1. The maximum Gasteiger partial charge on any atom is 0.252 e. The minimum Gasteiger partial charge on any atom is -0.494 e. The Bertz CT molecular complexity index is 1260. The van der Waals surface area contributed by atoms with Crippen LogP contribution in [0.1, 0.15) is 30.0 Å². The fraction of sp³-hybridized carbons (Fsp3) is 0.310. The van der Waals surface area contributed by atoms with Gasteiger partial charge in [-0.2, -0.15) is 0 Å². The lowest BCUT2D eigenvalue weighted by Gasteiger charge is -2.28. The van der Waals surface area contributed by atoms with Gasteiger partial charge < -0.3 is 29.4 Å². The summed E-state index contributed by atoms with van der Waals surface area (Å²) in [6.07, 6.45) is 0.478. The molecule has 8 heteroatoms. The molecule has 3 aromatic carbocycles. The van der Waals surface area contributed by atoms with E-state index < -0.39 is 11.6 Å². The lowest BCUT2D eigenvalue weighted by atomic mass is 9.86. The van der Waals surface area contributed by atoms with Gasteiger partial charge in [-0.05, 0) is 54.4 Å². The van der Waals surface area contributed by atoms with Crippen molar-refractivity contribution in [3.05, 3.63) is 89.5 Å². The zero-order valence-corrected chi connectivity index (χ0v) is 20.7. The molecular weight excluding hydrogens is 472 g/mol. The van der Waals surface area contributed by atoms with Crippen LogP contribution in [0.4, 0.5) is 0 Å². The minimum atomic E-state index is -1.14. The molecule has 0 saturated carbocycles. The van der Waals surface area contributed by atoms with Gasteiger partial charge in [0.25, 0.3) is 5.91 Å². The van der Waals surface area contributed by atoms with Crippen LogP contribution in [0.3, 0.4) is 0 Å². The minimum absolute atomic E-state index is 0.0842. The van der Waals surface area contributed by atoms with E-state index in [-0.39, 0.29) is 19.3 Å². The second kappa shape index (κ2) is 10.9. The van der Waals surface area contributed by atoms with E-state index in [2.05, 4.69) is 5.32 Å². The predicted molar refractivity (Wildman–Crippen MR) is 138 cm³/mol. The Morgan fingerprint density at radius 1 is 1.05 bits per heavy atom. The largest absolute Gasteiger partial charge is 0.494 e.